The van der Waals surface area contributed by atoms with Gasteiger partial charge in [0.2, 0.25) is 5.91 Å². The molecular weight excluding hydrogens is 460 g/mol. The van der Waals surface area contributed by atoms with E-state index in [1.807, 2.05) is 0 Å². The van der Waals surface area contributed by atoms with Crippen molar-refractivity contribution in [3.8, 4) is 0 Å². The van der Waals surface area contributed by atoms with Gasteiger partial charge in [-0.2, -0.15) is 5.10 Å². The molecule has 32 heavy (non-hydrogen) atoms. The van der Waals surface area contributed by atoms with Crippen LogP contribution in [0.15, 0.2) is 18.3 Å². The second-order valence-corrected chi connectivity index (χ2v) is 12.3. The first-order chi connectivity index (χ1) is 15.1. The molecule has 0 radical (unpaired) electrons. The van der Waals surface area contributed by atoms with Crippen LogP contribution in [-0.2, 0) is 14.3 Å². The zero-order valence-electron chi connectivity index (χ0n) is 17.7. The summed E-state index contributed by atoms with van der Waals surface area (Å²) in [5.41, 5.74) is 0.362. The maximum atomic E-state index is 15.3. The maximum absolute atomic E-state index is 15.3. The van der Waals surface area contributed by atoms with Crippen molar-refractivity contribution < 1.29 is 22.9 Å². The van der Waals surface area contributed by atoms with E-state index in [4.69, 9.17) is 11.6 Å². The first kappa shape index (κ1) is 23.4. The molecule has 2 saturated heterocycles. The zero-order valence-corrected chi connectivity index (χ0v) is 19.3. The monoisotopic (exact) mass is 487 g/mol. The van der Waals surface area contributed by atoms with E-state index < -0.39 is 27.5 Å². The maximum Gasteiger partial charge on any atom is 0.280 e. The third kappa shape index (κ3) is 4.79. The lowest BCUT2D eigenvalue weighted by Gasteiger charge is -2.38. The molecule has 1 aromatic carbocycles. The van der Waals surface area contributed by atoms with E-state index in [2.05, 4.69) is 16.1 Å². The number of benzene rings is 1. The van der Waals surface area contributed by atoms with Crippen LogP contribution in [0.1, 0.15) is 43.8 Å². The fourth-order valence-electron chi connectivity index (χ4n) is 4.80. The number of hydrogen-bond donors (Lipinski definition) is 2. The van der Waals surface area contributed by atoms with Gasteiger partial charge in [0, 0.05) is 52.9 Å². The number of aliphatic hydroxyl groups excluding tert-OH is 1. The molecule has 0 saturated carbocycles. The van der Waals surface area contributed by atoms with Crippen molar-refractivity contribution >= 4 is 43.8 Å². The summed E-state index contributed by atoms with van der Waals surface area (Å²) in [5, 5.41) is 17.9. The summed E-state index contributed by atoms with van der Waals surface area (Å²) in [6.45, 7) is 0.471. The lowest BCUT2D eigenvalue weighted by molar-refractivity contribution is -0.164. The second-order valence-electron chi connectivity index (χ2n) is 9.08. The van der Waals surface area contributed by atoms with Crippen LogP contribution in [0.3, 0.4) is 0 Å². The number of nitrogens with one attached hydrogen (secondary N) is 1. The Morgan fingerprint density at radius 1 is 1.31 bits per heavy atom. The molecular formula is C22H28ClF2N3O3S. The van der Waals surface area contributed by atoms with E-state index in [0.717, 1.165) is 12.8 Å². The smallest absolute Gasteiger partial charge is 0.280 e. The number of aromatic nitrogens is 2. The predicted octanol–water partition coefficient (Wildman–Crippen LogP) is 3.64. The first-order valence-corrected chi connectivity index (χ1v) is 13.3. The quantitative estimate of drug-likeness (QED) is 0.630. The van der Waals surface area contributed by atoms with Crippen molar-refractivity contribution in [2.24, 2.45) is 11.8 Å². The number of likely N-dealkylation sites (tertiary alicyclic amines) is 1. The molecule has 2 N–H and O–H groups in total. The van der Waals surface area contributed by atoms with Crippen molar-refractivity contribution in [1.82, 2.24) is 15.1 Å². The summed E-state index contributed by atoms with van der Waals surface area (Å²) in [4.78, 5) is 14.3. The van der Waals surface area contributed by atoms with Gasteiger partial charge in [-0.05, 0) is 59.1 Å². The number of carbonyl (C=O) groups excluding carboxylic acids is 1. The highest BCUT2D eigenvalue weighted by atomic mass is 35.5. The number of alkyl halides is 2. The number of hydrogen-bond acceptors (Lipinski definition) is 4. The van der Waals surface area contributed by atoms with Crippen LogP contribution in [0.5, 0.6) is 0 Å². The highest BCUT2D eigenvalue weighted by Crippen LogP contribution is 2.44. The number of aromatic amines is 1. The average Bonchev–Trinajstić information content (AvgIpc) is 3.22. The molecule has 1 aromatic heterocycles. The Labute approximate surface area is 191 Å². The third-order valence-corrected chi connectivity index (χ3v) is 9.03. The molecule has 3 heterocycles. The Kier molecular flexibility index (Phi) is 6.53. The van der Waals surface area contributed by atoms with Crippen molar-refractivity contribution in [2.75, 3.05) is 24.6 Å². The minimum absolute atomic E-state index is 0.0211. The number of nitrogens with zero attached hydrogens (tertiary/aromatic N) is 2. The number of rotatable bonds is 5. The van der Waals surface area contributed by atoms with Crippen LogP contribution in [0.2, 0.25) is 5.02 Å². The van der Waals surface area contributed by atoms with Crippen molar-refractivity contribution in [3.63, 3.8) is 0 Å². The van der Waals surface area contributed by atoms with E-state index >= 15 is 8.78 Å². The summed E-state index contributed by atoms with van der Waals surface area (Å²) >= 11 is 6.05. The fourth-order valence-corrected chi connectivity index (χ4v) is 6.76. The highest BCUT2D eigenvalue weighted by Gasteiger charge is 2.49. The number of fused-ring (bicyclic) bond motifs is 1. The molecule has 0 spiro atoms. The van der Waals surface area contributed by atoms with Crippen LogP contribution in [-0.4, -0.2) is 66.7 Å². The molecule has 10 heteroatoms. The van der Waals surface area contributed by atoms with Gasteiger partial charge in [-0.3, -0.25) is 14.1 Å². The molecule has 4 rings (SSSR count). The average molecular weight is 488 g/mol. The molecule has 1 unspecified atom stereocenters. The third-order valence-electron chi connectivity index (χ3n) is 6.85. The Bertz CT molecular complexity index is 1080. The van der Waals surface area contributed by atoms with Gasteiger partial charge in [0.25, 0.3) is 5.92 Å². The van der Waals surface area contributed by atoms with Crippen molar-refractivity contribution in [2.45, 2.75) is 44.1 Å². The number of amides is 1. The summed E-state index contributed by atoms with van der Waals surface area (Å²) in [5.74, 6) is 0.549. The van der Waals surface area contributed by atoms with Gasteiger partial charge < -0.3 is 10.0 Å². The van der Waals surface area contributed by atoms with Crippen LogP contribution < -0.4 is 0 Å². The second kappa shape index (κ2) is 8.91. The van der Waals surface area contributed by atoms with Gasteiger partial charge in [-0.25, -0.2) is 8.78 Å². The van der Waals surface area contributed by atoms with Gasteiger partial charge in [0.05, 0.1) is 11.7 Å². The first-order valence-electron chi connectivity index (χ1n) is 10.9. The Morgan fingerprint density at radius 3 is 2.62 bits per heavy atom. The van der Waals surface area contributed by atoms with Crippen LogP contribution in [0.25, 0.3) is 10.9 Å². The van der Waals surface area contributed by atoms with Crippen LogP contribution in [0.4, 0.5) is 8.78 Å². The summed E-state index contributed by atoms with van der Waals surface area (Å²) in [7, 11) is -1.99. The molecule has 0 aliphatic carbocycles. The van der Waals surface area contributed by atoms with Crippen molar-refractivity contribution in [1.29, 1.82) is 0 Å². The lowest BCUT2D eigenvalue weighted by atomic mass is 9.84. The Hall–Kier alpha value is -1.71. The van der Waals surface area contributed by atoms with Gasteiger partial charge >= 0.3 is 0 Å². The molecule has 0 bridgehead atoms. The standard InChI is InChI=1S/C22H28ClF2N3O3S/c1-32(31)8-4-14(5-9-32)10-19(29)28-6-2-16(3-7-28)22(24,25)21(30)18-12-17(23)11-15-13-26-27-20(15)18/h11-14,16,21,30H,1-10H2,(H,26,27). The molecule has 2 aromatic rings. The minimum Gasteiger partial charge on any atom is -0.382 e. The van der Waals surface area contributed by atoms with E-state index in [1.54, 1.807) is 11.0 Å². The van der Waals surface area contributed by atoms with E-state index in [-0.39, 0.29) is 48.3 Å². The molecule has 2 aliphatic heterocycles. The van der Waals surface area contributed by atoms with E-state index in [9.17, 15) is 14.1 Å². The fraction of sp³-hybridized carbons (Fsp3) is 0.591. The molecule has 6 nitrogen and oxygen atoms in total. The number of aliphatic hydroxyl groups is 1. The SMILES string of the molecule is C=S1(=O)CCC(CC(=O)N2CCC(C(F)(F)C(O)c3cc(Cl)cc4cn[nH]c34)CC2)CC1. The largest absolute Gasteiger partial charge is 0.382 e. The molecule has 2 fully saturated rings. The highest BCUT2D eigenvalue weighted by molar-refractivity contribution is 8.00. The van der Waals surface area contributed by atoms with E-state index in [0.29, 0.717) is 28.8 Å². The molecule has 2 aliphatic rings. The molecule has 1 amide bonds. The van der Waals surface area contributed by atoms with Gasteiger partial charge in [0.15, 0.2) is 0 Å². The predicted molar refractivity (Wildman–Crippen MR) is 123 cm³/mol. The van der Waals surface area contributed by atoms with E-state index in [1.165, 1.54) is 12.3 Å². The van der Waals surface area contributed by atoms with Gasteiger partial charge in [-0.1, -0.05) is 11.6 Å². The lowest BCUT2D eigenvalue weighted by Crippen LogP contribution is -2.46. The Balaban J connectivity index is 1.37. The number of carbonyl (C=O) groups is 1. The summed E-state index contributed by atoms with van der Waals surface area (Å²) in [6.07, 6.45) is 1.46. The molecule has 176 valence electrons. The van der Waals surface area contributed by atoms with Crippen LogP contribution >= 0.6 is 11.6 Å². The topological polar surface area (TPSA) is 86.3 Å². The normalized spacial score (nSPS) is 26.4. The van der Waals surface area contributed by atoms with Gasteiger partial charge in [-0.15, -0.1) is 0 Å². The molecule has 1 atom stereocenters. The minimum atomic E-state index is -3.38. The van der Waals surface area contributed by atoms with Gasteiger partial charge in [0.1, 0.15) is 6.10 Å². The number of H-pyrrole nitrogens is 1. The Morgan fingerprint density at radius 2 is 1.97 bits per heavy atom. The number of halogens is 3. The number of piperidine rings is 1. The van der Waals surface area contributed by atoms with Crippen LogP contribution in [0, 0.1) is 11.8 Å². The summed E-state index contributed by atoms with van der Waals surface area (Å²) < 4.78 is 42.5. The zero-order chi connectivity index (χ0) is 23.1. The van der Waals surface area contributed by atoms with Crippen molar-refractivity contribution in [3.05, 3.63) is 28.9 Å². The summed E-state index contributed by atoms with van der Waals surface area (Å²) in [6, 6.07) is 2.94.